The van der Waals surface area contributed by atoms with Crippen LogP contribution < -0.4 is 4.74 Å². The van der Waals surface area contributed by atoms with Gasteiger partial charge in [0, 0.05) is 17.6 Å². The number of fused-ring (bicyclic) bond motifs is 3. The van der Waals surface area contributed by atoms with Crippen LogP contribution in [0.1, 0.15) is 16.1 Å². The van der Waals surface area contributed by atoms with Crippen molar-refractivity contribution in [2.75, 3.05) is 0 Å². The highest BCUT2D eigenvalue weighted by molar-refractivity contribution is 6.31. The first-order valence-corrected chi connectivity index (χ1v) is 5.78. The van der Waals surface area contributed by atoms with Crippen LogP contribution in [0.2, 0.25) is 5.02 Å². The number of carboxylic acid groups (broad SMARTS) is 1. The van der Waals surface area contributed by atoms with Crippen molar-refractivity contribution in [1.82, 2.24) is 9.78 Å². The van der Waals surface area contributed by atoms with Gasteiger partial charge in [0.1, 0.15) is 6.61 Å². The maximum Gasteiger partial charge on any atom is 0.356 e. The van der Waals surface area contributed by atoms with E-state index in [1.165, 1.54) is 10.7 Å². The van der Waals surface area contributed by atoms with E-state index in [2.05, 4.69) is 5.10 Å². The number of hydrogen-bond acceptors (Lipinski definition) is 3. The number of nitrogens with zero attached hydrogens (tertiary/aromatic N) is 2. The minimum atomic E-state index is -1.15. The average Bonchev–Trinajstić information content (AvgIpc) is 2.67. The Bertz CT molecular complexity index is 711. The van der Waals surface area contributed by atoms with Crippen molar-refractivity contribution in [3.8, 4) is 17.0 Å². The molecule has 0 fully saturated rings. The zero-order chi connectivity index (χ0) is 13.7. The van der Waals surface area contributed by atoms with Crippen molar-refractivity contribution in [3.63, 3.8) is 0 Å². The molecule has 7 heteroatoms. The Hall–Kier alpha value is -2.08. The molecule has 1 aliphatic rings. The quantitative estimate of drug-likeness (QED) is 0.873. The van der Waals surface area contributed by atoms with Gasteiger partial charge in [-0.25, -0.2) is 9.18 Å². The standard InChI is InChI=1S/C12H8ClFN2O3/c1-16-10-6-2-5(13)3-8(14)11(6)19-4-7(10)9(15-16)12(17)18/h2-3H,4H2,1H3,(H,17,18). The Balaban J connectivity index is 2.33. The fourth-order valence-corrected chi connectivity index (χ4v) is 2.45. The molecule has 1 N–H and O–H groups in total. The van der Waals surface area contributed by atoms with Gasteiger partial charge in [-0.15, -0.1) is 0 Å². The first-order chi connectivity index (χ1) is 8.99. The monoisotopic (exact) mass is 282 g/mol. The van der Waals surface area contributed by atoms with Crippen molar-refractivity contribution < 1.29 is 19.0 Å². The second-order valence-corrected chi connectivity index (χ2v) is 4.59. The van der Waals surface area contributed by atoms with Crippen LogP contribution in [0.25, 0.3) is 11.3 Å². The molecule has 5 nitrogen and oxygen atoms in total. The predicted molar refractivity (Wildman–Crippen MR) is 64.9 cm³/mol. The Morgan fingerprint density at radius 1 is 1.58 bits per heavy atom. The van der Waals surface area contributed by atoms with E-state index in [4.69, 9.17) is 21.4 Å². The average molecular weight is 283 g/mol. The highest BCUT2D eigenvalue weighted by atomic mass is 35.5. The lowest BCUT2D eigenvalue weighted by atomic mass is 10.0. The van der Waals surface area contributed by atoms with E-state index in [0.717, 1.165) is 6.07 Å². The molecule has 2 aromatic rings. The lowest BCUT2D eigenvalue weighted by Gasteiger charge is -2.19. The smallest absolute Gasteiger partial charge is 0.356 e. The number of ether oxygens (including phenoxy) is 1. The molecule has 3 rings (SSSR count). The number of aromatic nitrogens is 2. The van der Waals surface area contributed by atoms with Gasteiger partial charge in [0.25, 0.3) is 0 Å². The molecule has 1 aromatic carbocycles. The predicted octanol–water partition coefficient (Wildman–Crippen LogP) is 2.47. The summed E-state index contributed by atoms with van der Waals surface area (Å²) in [6.45, 7) is -0.0314. The molecule has 0 unspecified atom stereocenters. The SMILES string of the molecule is Cn1nc(C(=O)O)c2c1-c1cc(Cl)cc(F)c1OC2. The van der Waals surface area contributed by atoms with E-state index in [1.807, 2.05) is 0 Å². The van der Waals surface area contributed by atoms with Crippen LogP contribution in [0.15, 0.2) is 12.1 Å². The summed E-state index contributed by atoms with van der Waals surface area (Å²) in [7, 11) is 1.60. The molecule has 98 valence electrons. The summed E-state index contributed by atoms with van der Waals surface area (Å²) in [5, 5.41) is 13.2. The van der Waals surface area contributed by atoms with E-state index >= 15 is 0 Å². The van der Waals surface area contributed by atoms with Crippen LogP contribution in [0, 0.1) is 5.82 Å². The second kappa shape index (κ2) is 3.96. The first kappa shape index (κ1) is 12.0. The Morgan fingerprint density at radius 3 is 3.00 bits per heavy atom. The molecule has 0 amide bonds. The van der Waals surface area contributed by atoms with Gasteiger partial charge in [-0.1, -0.05) is 11.6 Å². The van der Waals surface area contributed by atoms with Crippen molar-refractivity contribution in [2.45, 2.75) is 6.61 Å². The molecule has 0 atom stereocenters. The van der Waals surface area contributed by atoms with Gasteiger partial charge in [-0.05, 0) is 12.1 Å². The van der Waals surface area contributed by atoms with E-state index < -0.39 is 11.8 Å². The molecule has 1 aliphatic heterocycles. The maximum absolute atomic E-state index is 13.8. The Morgan fingerprint density at radius 2 is 2.32 bits per heavy atom. The van der Waals surface area contributed by atoms with Crippen LogP contribution in [0.4, 0.5) is 4.39 Å². The molecular weight excluding hydrogens is 275 g/mol. The van der Waals surface area contributed by atoms with Gasteiger partial charge in [0.05, 0.1) is 11.3 Å². The lowest BCUT2D eigenvalue weighted by Crippen LogP contribution is -2.10. The van der Waals surface area contributed by atoms with Crippen LogP contribution in [-0.2, 0) is 13.7 Å². The van der Waals surface area contributed by atoms with Crippen molar-refractivity contribution >= 4 is 17.6 Å². The number of carbonyl (C=O) groups is 1. The molecule has 0 saturated carbocycles. The zero-order valence-electron chi connectivity index (χ0n) is 9.78. The number of halogens is 2. The van der Waals surface area contributed by atoms with Crippen molar-refractivity contribution in [3.05, 3.63) is 34.2 Å². The Labute approximate surface area is 112 Å². The molecule has 1 aromatic heterocycles. The fourth-order valence-electron chi connectivity index (χ4n) is 2.24. The van der Waals surface area contributed by atoms with Crippen LogP contribution in [-0.4, -0.2) is 20.9 Å². The van der Waals surface area contributed by atoms with Crippen LogP contribution in [0.5, 0.6) is 5.75 Å². The zero-order valence-corrected chi connectivity index (χ0v) is 10.5. The summed E-state index contributed by atoms with van der Waals surface area (Å²) < 4.78 is 20.5. The molecule has 19 heavy (non-hydrogen) atoms. The largest absolute Gasteiger partial charge is 0.485 e. The van der Waals surface area contributed by atoms with E-state index in [-0.39, 0.29) is 23.1 Å². The summed E-state index contributed by atoms with van der Waals surface area (Å²) in [6, 6.07) is 2.69. The molecule has 0 radical (unpaired) electrons. The summed E-state index contributed by atoms with van der Waals surface area (Å²) in [5.41, 5.74) is 1.25. The van der Waals surface area contributed by atoms with Gasteiger partial charge in [-0.2, -0.15) is 5.10 Å². The maximum atomic E-state index is 13.8. The van der Waals surface area contributed by atoms with Crippen molar-refractivity contribution in [1.29, 1.82) is 0 Å². The number of rotatable bonds is 1. The minimum Gasteiger partial charge on any atom is -0.485 e. The van der Waals surface area contributed by atoms with Gasteiger partial charge < -0.3 is 9.84 Å². The molecule has 2 heterocycles. The number of benzene rings is 1. The molecule has 0 bridgehead atoms. The fraction of sp³-hybridized carbons (Fsp3) is 0.167. The van der Waals surface area contributed by atoms with Gasteiger partial charge in [0.15, 0.2) is 17.3 Å². The second-order valence-electron chi connectivity index (χ2n) is 4.16. The highest BCUT2D eigenvalue weighted by Crippen LogP contribution is 2.41. The third-order valence-corrected chi connectivity index (χ3v) is 3.19. The summed E-state index contributed by atoms with van der Waals surface area (Å²) in [6.07, 6.45) is 0. The highest BCUT2D eigenvalue weighted by Gasteiger charge is 2.30. The first-order valence-electron chi connectivity index (χ1n) is 5.40. The molecular formula is C12H8ClFN2O3. The third kappa shape index (κ3) is 1.67. The number of hydrogen-bond donors (Lipinski definition) is 1. The minimum absolute atomic E-state index is 0.0314. The normalized spacial score (nSPS) is 12.6. The Kier molecular flexibility index (Phi) is 2.50. The summed E-state index contributed by atoms with van der Waals surface area (Å²) >= 11 is 5.83. The molecule has 0 spiro atoms. The van der Waals surface area contributed by atoms with Gasteiger partial charge in [-0.3, -0.25) is 4.68 Å². The van der Waals surface area contributed by atoms with Gasteiger partial charge in [0.2, 0.25) is 0 Å². The number of aryl methyl sites for hydroxylation is 1. The number of carboxylic acids is 1. The van der Waals surface area contributed by atoms with Crippen molar-refractivity contribution in [2.24, 2.45) is 7.05 Å². The van der Waals surface area contributed by atoms with E-state index in [9.17, 15) is 9.18 Å². The van der Waals surface area contributed by atoms with E-state index in [0.29, 0.717) is 16.8 Å². The van der Waals surface area contributed by atoms with Crippen LogP contribution >= 0.6 is 11.6 Å². The number of aromatic carboxylic acids is 1. The third-order valence-electron chi connectivity index (χ3n) is 2.97. The van der Waals surface area contributed by atoms with Gasteiger partial charge >= 0.3 is 5.97 Å². The topological polar surface area (TPSA) is 64.4 Å². The molecule has 0 aliphatic carbocycles. The summed E-state index contributed by atoms with van der Waals surface area (Å²) in [4.78, 5) is 11.1. The lowest BCUT2D eigenvalue weighted by molar-refractivity contribution is 0.0686. The van der Waals surface area contributed by atoms with Crippen LogP contribution in [0.3, 0.4) is 0 Å². The summed E-state index contributed by atoms with van der Waals surface area (Å²) in [5.74, 6) is -1.66. The molecule has 0 saturated heterocycles. The van der Waals surface area contributed by atoms with E-state index in [1.54, 1.807) is 7.05 Å².